The third-order valence-corrected chi connectivity index (χ3v) is 2.58. The number of carbonyl (C=O) groups excluding carboxylic acids is 3. The first-order valence-corrected chi connectivity index (χ1v) is 7.00. The van der Waals surface area contributed by atoms with Crippen molar-refractivity contribution in [1.82, 2.24) is 0 Å². The predicted molar refractivity (Wildman–Crippen MR) is 75.0 cm³/mol. The lowest BCUT2D eigenvalue weighted by Crippen LogP contribution is -2.27. The minimum Gasteiger partial charge on any atom is -0.465 e. The zero-order valence-corrected chi connectivity index (χ0v) is 12.5. The molecule has 0 aliphatic rings. The highest BCUT2D eigenvalue weighted by Gasteiger charge is 2.27. The molecule has 0 heterocycles. The Balaban J connectivity index is 4.28. The van der Waals surface area contributed by atoms with E-state index in [1.165, 1.54) is 0 Å². The van der Waals surface area contributed by atoms with Crippen molar-refractivity contribution in [2.24, 2.45) is 5.92 Å². The summed E-state index contributed by atoms with van der Waals surface area (Å²) < 4.78 is 9.73. The summed E-state index contributed by atoms with van der Waals surface area (Å²) in [5.74, 6) is -1.85. The van der Waals surface area contributed by atoms with Crippen molar-refractivity contribution >= 4 is 17.7 Å². The minimum atomic E-state index is -0.904. The van der Waals surface area contributed by atoms with Gasteiger partial charge in [-0.05, 0) is 40.0 Å². The van der Waals surface area contributed by atoms with Crippen molar-refractivity contribution < 1.29 is 23.9 Å². The zero-order valence-electron chi connectivity index (χ0n) is 12.5. The van der Waals surface area contributed by atoms with Crippen LogP contribution in [0.3, 0.4) is 0 Å². The third-order valence-electron chi connectivity index (χ3n) is 2.58. The van der Waals surface area contributed by atoms with E-state index in [9.17, 15) is 14.4 Å². The summed E-state index contributed by atoms with van der Waals surface area (Å²) in [6.07, 6.45) is 5.96. The van der Waals surface area contributed by atoms with Gasteiger partial charge in [-0.2, -0.15) is 0 Å². The fraction of sp³-hybridized carbons (Fsp3) is 0.667. The Labute approximate surface area is 120 Å². The van der Waals surface area contributed by atoms with Crippen molar-refractivity contribution in [1.29, 1.82) is 0 Å². The lowest BCUT2D eigenvalue weighted by atomic mass is 10.1. The Morgan fingerprint density at radius 1 is 1.00 bits per heavy atom. The zero-order chi connectivity index (χ0) is 15.4. The van der Waals surface area contributed by atoms with Gasteiger partial charge in [0.2, 0.25) is 0 Å². The lowest BCUT2D eigenvalue weighted by molar-refractivity contribution is -0.161. The number of esters is 2. The highest BCUT2D eigenvalue weighted by molar-refractivity contribution is 5.95. The number of ether oxygens (including phenoxy) is 2. The van der Waals surface area contributed by atoms with E-state index in [2.05, 4.69) is 0 Å². The Bertz CT molecular complexity index is 328. The second-order valence-electron chi connectivity index (χ2n) is 4.36. The Morgan fingerprint density at radius 2 is 1.55 bits per heavy atom. The molecule has 0 atom stereocenters. The molecular weight excluding hydrogens is 260 g/mol. The molecule has 0 saturated heterocycles. The fourth-order valence-electron chi connectivity index (χ4n) is 1.59. The molecule has 0 aromatic heterocycles. The quantitative estimate of drug-likeness (QED) is 0.267. The van der Waals surface area contributed by atoms with Gasteiger partial charge in [-0.3, -0.25) is 9.59 Å². The van der Waals surface area contributed by atoms with E-state index in [-0.39, 0.29) is 25.4 Å². The van der Waals surface area contributed by atoms with E-state index in [0.29, 0.717) is 6.42 Å². The van der Waals surface area contributed by atoms with Crippen LogP contribution in [0.4, 0.5) is 0 Å². The van der Waals surface area contributed by atoms with Crippen molar-refractivity contribution in [2.75, 3.05) is 13.2 Å². The van der Waals surface area contributed by atoms with Gasteiger partial charge in [0.05, 0.1) is 13.2 Å². The second-order valence-corrected chi connectivity index (χ2v) is 4.36. The molecule has 0 saturated carbocycles. The van der Waals surface area contributed by atoms with Crippen LogP contribution in [0.5, 0.6) is 0 Å². The number of allylic oxidation sites excluding steroid dienone is 2. The van der Waals surface area contributed by atoms with Gasteiger partial charge in [0.1, 0.15) is 5.78 Å². The van der Waals surface area contributed by atoms with Gasteiger partial charge in [-0.1, -0.05) is 12.2 Å². The molecule has 0 aliphatic heterocycles. The van der Waals surface area contributed by atoms with Gasteiger partial charge in [0.25, 0.3) is 0 Å². The predicted octanol–water partition coefficient (Wildman–Crippen LogP) is 2.43. The van der Waals surface area contributed by atoms with E-state index in [1.54, 1.807) is 26.8 Å². The van der Waals surface area contributed by atoms with Crippen LogP contribution in [0.25, 0.3) is 0 Å². The molecule has 0 N–H and O–H groups in total. The summed E-state index contributed by atoms with van der Waals surface area (Å²) >= 11 is 0. The molecule has 0 unspecified atom stereocenters. The summed E-state index contributed by atoms with van der Waals surface area (Å²) in [6.45, 7) is 5.41. The number of ketones is 1. The molecule has 0 fully saturated rings. The molecule has 0 rings (SSSR count). The first kappa shape index (κ1) is 18.4. The van der Waals surface area contributed by atoms with Crippen LogP contribution in [0.1, 0.15) is 46.5 Å². The largest absolute Gasteiger partial charge is 0.465 e. The SMILES string of the molecule is CCOC(=O)C(CC=CCCCC(C)=O)C(=O)OCC. The van der Waals surface area contributed by atoms with Crippen LogP contribution in [0.15, 0.2) is 12.2 Å². The molecule has 0 aromatic carbocycles. The van der Waals surface area contributed by atoms with Gasteiger partial charge in [-0.25, -0.2) is 0 Å². The molecule has 5 heteroatoms. The maximum Gasteiger partial charge on any atom is 0.320 e. The van der Waals surface area contributed by atoms with Crippen LogP contribution in [0.2, 0.25) is 0 Å². The van der Waals surface area contributed by atoms with Crippen molar-refractivity contribution in [2.45, 2.75) is 46.5 Å². The van der Waals surface area contributed by atoms with Crippen LogP contribution in [0, 0.1) is 5.92 Å². The van der Waals surface area contributed by atoms with E-state index in [0.717, 1.165) is 12.8 Å². The maximum atomic E-state index is 11.7. The first-order valence-electron chi connectivity index (χ1n) is 7.00. The standard InChI is InChI=1S/C15H24O5/c1-4-19-14(17)13(15(18)20-5-2)11-9-7-6-8-10-12(3)16/h7,9,13H,4-6,8,10-11H2,1-3H3. The van der Waals surface area contributed by atoms with Gasteiger partial charge in [-0.15, -0.1) is 0 Å². The molecular formula is C15H24O5. The number of hydrogen-bond acceptors (Lipinski definition) is 5. The molecule has 114 valence electrons. The fourth-order valence-corrected chi connectivity index (χ4v) is 1.59. The Hall–Kier alpha value is -1.65. The molecule has 0 radical (unpaired) electrons. The molecule has 0 aromatic rings. The van der Waals surface area contributed by atoms with E-state index >= 15 is 0 Å². The van der Waals surface area contributed by atoms with Crippen LogP contribution >= 0.6 is 0 Å². The molecule has 0 amide bonds. The first-order chi connectivity index (χ1) is 9.52. The second kappa shape index (κ2) is 11.2. The third kappa shape index (κ3) is 8.45. The Kier molecular flexibility index (Phi) is 10.3. The van der Waals surface area contributed by atoms with Crippen LogP contribution < -0.4 is 0 Å². The Morgan fingerprint density at radius 3 is 2.00 bits per heavy atom. The van der Waals surface area contributed by atoms with Crippen molar-refractivity contribution in [3.63, 3.8) is 0 Å². The smallest absolute Gasteiger partial charge is 0.320 e. The molecule has 0 bridgehead atoms. The van der Waals surface area contributed by atoms with Crippen molar-refractivity contribution in [3.05, 3.63) is 12.2 Å². The normalized spacial score (nSPS) is 10.8. The number of carbonyl (C=O) groups is 3. The topological polar surface area (TPSA) is 69.7 Å². The van der Waals surface area contributed by atoms with Crippen LogP contribution in [-0.2, 0) is 23.9 Å². The molecule has 5 nitrogen and oxygen atoms in total. The van der Waals surface area contributed by atoms with Gasteiger partial charge in [0, 0.05) is 6.42 Å². The van der Waals surface area contributed by atoms with Gasteiger partial charge < -0.3 is 14.3 Å². The molecule has 0 aliphatic carbocycles. The van der Waals surface area contributed by atoms with E-state index in [4.69, 9.17) is 9.47 Å². The molecule has 20 heavy (non-hydrogen) atoms. The number of unbranched alkanes of at least 4 members (excludes halogenated alkanes) is 1. The number of rotatable bonds is 10. The summed E-state index contributed by atoms with van der Waals surface area (Å²) in [4.78, 5) is 34.1. The van der Waals surface area contributed by atoms with Gasteiger partial charge in [0.15, 0.2) is 5.92 Å². The average molecular weight is 284 g/mol. The van der Waals surface area contributed by atoms with Crippen LogP contribution in [-0.4, -0.2) is 30.9 Å². The lowest BCUT2D eigenvalue weighted by Gasteiger charge is -2.12. The summed E-state index contributed by atoms with van der Waals surface area (Å²) in [7, 11) is 0. The van der Waals surface area contributed by atoms with Gasteiger partial charge >= 0.3 is 11.9 Å². The minimum absolute atomic E-state index is 0.161. The van der Waals surface area contributed by atoms with Crippen molar-refractivity contribution in [3.8, 4) is 0 Å². The number of Topliss-reactive ketones (excluding diaryl/α,β-unsaturated/α-hetero) is 1. The highest BCUT2D eigenvalue weighted by Crippen LogP contribution is 2.11. The van der Waals surface area contributed by atoms with E-state index in [1.807, 2.05) is 6.08 Å². The van der Waals surface area contributed by atoms with E-state index < -0.39 is 17.9 Å². The summed E-state index contributed by atoms with van der Waals surface area (Å²) in [5, 5.41) is 0. The maximum absolute atomic E-state index is 11.7. The number of hydrogen-bond donors (Lipinski definition) is 0. The summed E-state index contributed by atoms with van der Waals surface area (Å²) in [5.41, 5.74) is 0. The summed E-state index contributed by atoms with van der Waals surface area (Å²) in [6, 6.07) is 0. The molecule has 0 spiro atoms. The highest BCUT2D eigenvalue weighted by atomic mass is 16.6. The monoisotopic (exact) mass is 284 g/mol. The average Bonchev–Trinajstić information content (AvgIpc) is 2.37.